The monoisotopic (exact) mass is 304 g/mol. The second-order valence-corrected chi connectivity index (χ2v) is 7.16. The zero-order chi connectivity index (χ0) is 14.2. The molecule has 102 valence electrons. The van der Waals surface area contributed by atoms with Gasteiger partial charge in [-0.15, -0.1) is 11.3 Å². The van der Waals surface area contributed by atoms with Gasteiger partial charge in [0.2, 0.25) is 0 Å². The quantitative estimate of drug-likeness (QED) is 0.754. The molecule has 1 aromatic carbocycles. The standard InChI is InChI=1S/C14H12N2O2S2/c1-10-12(11-5-2-3-6-13(11)16-10)9-15-20(17,18)14-7-4-8-19-14/h2-9,16H,1H3/b15-9-. The van der Waals surface area contributed by atoms with Crippen LogP contribution in [0.4, 0.5) is 0 Å². The Labute approximate surface area is 120 Å². The van der Waals surface area contributed by atoms with E-state index in [-0.39, 0.29) is 4.21 Å². The Kier molecular flexibility index (Phi) is 3.19. The zero-order valence-electron chi connectivity index (χ0n) is 10.7. The van der Waals surface area contributed by atoms with E-state index in [9.17, 15) is 8.42 Å². The molecule has 0 spiro atoms. The van der Waals surface area contributed by atoms with Gasteiger partial charge >= 0.3 is 0 Å². The first-order chi connectivity index (χ1) is 9.58. The molecule has 0 atom stereocenters. The molecule has 3 aromatic rings. The summed E-state index contributed by atoms with van der Waals surface area (Å²) in [5.74, 6) is 0. The number of thiophene rings is 1. The van der Waals surface area contributed by atoms with E-state index in [2.05, 4.69) is 9.38 Å². The van der Waals surface area contributed by atoms with Crippen molar-refractivity contribution < 1.29 is 8.42 Å². The average Bonchev–Trinajstić information content (AvgIpc) is 3.04. The Hall–Kier alpha value is -1.92. The summed E-state index contributed by atoms with van der Waals surface area (Å²) in [7, 11) is -3.60. The maximum absolute atomic E-state index is 12.0. The summed E-state index contributed by atoms with van der Waals surface area (Å²) in [5, 5.41) is 2.69. The number of para-hydroxylation sites is 1. The minimum Gasteiger partial charge on any atom is -0.358 e. The number of benzene rings is 1. The molecule has 20 heavy (non-hydrogen) atoms. The number of H-pyrrole nitrogens is 1. The fourth-order valence-corrected chi connectivity index (χ4v) is 3.88. The van der Waals surface area contributed by atoms with E-state index in [4.69, 9.17) is 0 Å². The fraction of sp³-hybridized carbons (Fsp3) is 0.0714. The van der Waals surface area contributed by atoms with E-state index < -0.39 is 10.0 Å². The topological polar surface area (TPSA) is 62.3 Å². The molecule has 2 aromatic heterocycles. The summed E-state index contributed by atoms with van der Waals surface area (Å²) >= 11 is 1.17. The lowest BCUT2D eigenvalue weighted by molar-refractivity contribution is 0.600. The van der Waals surface area contributed by atoms with Gasteiger partial charge in [0.15, 0.2) is 0 Å². The third-order valence-corrected chi connectivity index (χ3v) is 5.62. The third-order valence-electron chi connectivity index (χ3n) is 3.01. The van der Waals surface area contributed by atoms with Crippen LogP contribution in [0.25, 0.3) is 10.9 Å². The van der Waals surface area contributed by atoms with E-state index in [1.54, 1.807) is 17.5 Å². The predicted molar refractivity (Wildman–Crippen MR) is 82.1 cm³/mol. The summed E-state index contributed by atoms with van der Waals surface area (Å²) < 4.78 is 28.1. The van der Waals surface area contributed by atoms with Gasteiger partial charge in [-0.3, -0.25) is 0 Å². The molecule has 0 unspecified atom stereocenters. The number of hydrogen-bond donors (Lipinski definition) is 1. The molecular weight excluding hydrogens is 292 g/mol. The second-order valence-electron chi connectivity index (χ2n) is 4.35. The van der Waals surface area contributed by atoms with Crippen LogP contribution in [0.15, 0.2) is 50.4 Å². The van der Waals surface area contributed by atoms with Crippen molar-refractivity contribution in [3.8, 4) is 0 Å². The van der Waals surface area contributed by atoms with E-state index >= 15 is 0 Å². The summed E-state index contributed by atoms with van der Waals surface area (Å²) in [5.41, 5.74) is 2.68. The van der Waals surface area contributed by atoms with Crippen LogP contribution >= 0.6 is 11.3 Å². The van der Waals surface area contributed by atoms with Crippen molar-refractivity contribution in [2.24, 2.45) is 4.40 Å². The molecule has 0 aliphatic rings. The molecule has 2 heterocycles. The number of hydrogen-bond acceptors (Lipinski definition) is 3. The number of aromatic amines is 1. The smallest absolute Gasteiger partial charge is 0.291 e. The highest BCUT2D eigenvalue weighted by Gasteiger charge is 2.13. The van der Waals surface area contributed by atoms with Gasteiger partial charge in [-0.25, -0.2) is 0 Å². The first kappa shape index (κ1) is 13.1. The molecule has 3 rings (SSSR count). The van der Waals surface area contributed by atoms with Crippen molar-refractivity contribution in [2.45, 2.75) is 11.1 Å². The Morgan fingerprint density at radius 1 is 1.20 bits per heavy atom. The molecule has 0 aliphatic carbocycles. The summed E-state index contributed by atoms with van der Waals surface area (Å²) in [6, 6.07) is 11.0. The van der Waals surface area contributed by atoms with Gasteiger partial charge < -0.3 is 4.98 Å². The maximum atomic E-state index is 12.0. The molecule has 1 N–H and O–H groups in total. The molecule has 0 radical (unpaired) electrons. The number of nitrogens with zero attached hydrogens (tertiary/aromatic N) is 1. The SMILES string of the molecule is Cc1[nH]c2ccccc2c1/C=N\S(=O)(=O)c1cccs1. The van der Waals surface area contributed by atoms with Gasteiger partial charge in [-0.1, -0.05) is 24.3 Å². The lowest BCUT2D eigenvalue weighted by Gasteiger charge is -1.95. The van der Waals surface area contributed by atoms with Gasteiger partial charge in [-0.2, -0.15) is 12.8 Å². The van der Waals surface area contributed by atoms with Gasteiger partial charge in [0.05, 0.1) is 6.21 Å². The number of aryl methyl sites for hydroxylation is 1. The Balaban J connectivity index is 2.06. The Morgan fingerprint density at radius 2 is 2.00 bits per heavy atom. The van der Waals surface area contributed by atoms with Crippen LogP contribution in [-0.4, -0.2) is 19.6 Å². The van der Waals surface area contributed by atoms with Crippen LogP contribution in [0.1, 0.15) is 11.3 Å². The van der Waals surface area contributed by atoms with Crippen LogP contribution in [0.5, 0.6) is 0 Å². The van der Waals surface area contributed by atoms with Crippen LogP contribution in [0, 0.1) is 6.92 Å². The fourth-order valence-electron chi connectivity index (χ4n) is 2.05. The minimum absolute atomic E-state index is 0.256. The van der Waals surface area contributed by atoms with Gasteiger partial charge in [-0.05, 0) is 24.4 Å². The normalized spacial score (nSPS) is 12.4. The summed E-state index contributed by atoms with van der Waals surface area (Å²) in [6.07, 6.45) is 1.42. The molecule has 0 saturated heterocycles. The molecule has 6 heteroatoms. The number of nitrogens with one attached hydrogen (secondary N) is 1. The number of fused-ring (bicyclic) bond motifs is 1. The predicted octanol–water partition coefficient (Wildman–Crippen LogP) is 3.35. The van der Waals surface area contributed by atoms with Crippen molar-refractivity contribution in [3.05, 3.63) is 53.0 Å². The van der Waals surface area contributed by atoms with Crippen LogP contribution in [0.3, 0.4) is 0 Å². The second kappa shape index (κ2) is 4.88. The lowest BCUT2D eigenvalue weighted by Crippen LogP contribution is -1.95. The van der Waals surface area contributed by atoms with Crippen LogP contribution in [-0.2, 0) is 10.0 Å². The zero-order valence-corrected chi connectivity index (χ0v) is 12.3. The van der Waals surface area contributed by atoms with Crippen molar-refractivity contribution in [2.75, 3.05) is 0 Å². The van der Waals surface area contributed by atoms with Gasteiger partial charge in [0, 0.05) is 22.2 Å². The van der Waals surface area contributed by atoms with Crippen LogP contribution in [0.2, 0.25) is 0 Å². The van der Waals surface area contributed by atoms with E-state index in [0.29, 0.717) is 0 Å². The van der Waals surface area contributed by atoms with Crippen molar-refractivity contribution in [1.29, 1.82) is 0 Å². The molecule has 0 bridgehead atoms. The largest absolute Gasteiger partial charge is 0.358 e. The number of sulfonamides is 1. The first-order valence-electron chi connectivity index (χ1n) is 5.99. The minimum atomic E-state index is -3.60. The highest BCUT2D eigenvalue weighted by molar-refractivity contribution is 7.92. The van der Waals surface area contributed by atoms with Crippen molar-refractivity contribution in [1.82, 2.24) is 4.98 Å². The Morgan fingerprint density at radius 3 is 2.75 bits per heavy atom. The first-order valence-corrected chi connectivity index (χ1v) is 8.31. The molecule has 4 nitrogen and oxygen atoms in total. The third kappa shape index (κ3) is 2.28. The highest BCUT2D eigenvalue weighted by Crippen LogP contribution is 2.22. The molecule has 0 saturated carbocycles. The molecule has 0 amide bonds. The van der Waals surface area contributed by atoms with Crippen molar-refractivity contribution in [3.63, 3.8) is 0 Å². The number of aromatic nitrogens is 1. The maximum Gasteiger partial charge on any atom is 0.291 e. The highest BCUT2D eigenvalue weighted by atomic mass is 32.2. The molecule has 0 fully saturated rings. The van der Waals surface area contributed by atoms with Gasteiger partial charge in [0.1, 0.15) is 4.21 Å². The molecule has 0 aliphatic heterocycles. The summed E-state index contributed by atoms with van der Waals surface area (Å²) in [6.45, 7) is 1.90. The van der Waals surface area contributed by atoms with Gasteiger partial charge in [0.25, 0.3) is 10.0 Å². The Bertz CT molecular complexity index is 875. The summed E-state index contributed by atoms with van der Waals surface area (Å²) in [4.78, 5) is 3.21. The van der Waals surface area contributed by atoms with E-state index in [1.807, 2.05) is 31.2 Å². The lowest BCUT2D eigenvalue weighted by atomic mass is 10.1. The number of rotatable bonds is 3. The van der Waals surface area contributed by atoms with Crippen LogP contribution < -0.4 is 0 Å². The molecular formula is C14H12N2O2S2. The average molecular weight is 304 g/mol. The van der Waals surface area contributed by atoms with Crippen molar-refractivity contribution >= 4 is 38.5 Å². The van der Waals surface area contributed by atoms with E-state index in [1.165, 1.54) is 17.6 Å². The van der Waals surface area contributed by atoms with E-state index in [0.717, 1.165) is 22.2 Å².